The van der Waals surface area contributed by atoms with Crippen LogP contribution >= 0.6 is 0 Å². The molecule has 1 fully saturated rings. The first-order chi connectivity index (χ1) is 15.2. The fourth-order valence-electron chi connectivity index (χ4n) is 4.43. The maximum atomic E-state index is 13.2. The second kappa shape index (κ2) is 8.47. The van der Waals surface area contributed by atoms with Gasteiger partial charge in [-0.2, -0.15) is 0 Å². The topological polar surface area (TPSA) is 48.5 Å². The molecular formula is C25H25FN4O. The van der Waals surface area contributed by atoms with Gasteiger partial charge in [-0.3, -0.25) is 14.7 Å². The van der Waals surface area contributed by atoms with Crippen molar-refractivity contribution in [3.63, 3.8) is 0 Å². The summed E-state index contributed by atoms with van der Waals surface area (Å²) in [6, 6.07) is 15.0. The summed E-state index contributed by atoms with van der Waals surface area (Å²) in [5.74, 6) is -0.128. The maximum absolute atomic E-state index is 13.2. The quantitative estimate of drug-likeness (QED) is 0.696. The number of aromatic nitrogens is 1. The number of hydrogen-bond donors (Lipinski definition) is 1. The standard InChI is InChI=1S/C25H25FN4O/c26-22-7-4-19(5-8-22)21-14-18(15-27-16-21)17-29-10-12-30(13-11-29)23-3-1-2-20-6-9-24(31)28-25(20)23/h1-5,7-8,14-16H,6,9-13,17H2,(H,28,31). The van der Waals surface area contributed by atoms with Gasteiger partial charge in [0.1, 0.15) is 5.82 Å². The number of piperazine rings is 1. The number of hydrogen-bond acceptors (Lipinski definition) is 4. The Morgan fingerprint density at radius 1 is 0.935 bits per heavy atom. The fourth-order valence-corrected chi connectivity index (χ4v) is 4.43. The second-order valence-corrected chi connectivity index (χ2v) is 8.21. The summed E-state index contributed by atoms with van der Waals surface area (Å²) in [7, 11) is 0. The van der Waals surface area contributed by atoms with Gasteiger partial charge in [-0.1, -0.05) is 24.3 Å². The molecule has 0 atom stereocenters. The van der Waals surface area contributed by atoms with Crippen LogP contribution < -0.4 is 10.2 Å². The van der Waals surface area contributed by atoms with Gasteiger partial charge in [-0.05, 0) is 47.4 Å². The molecule has 0 aliphatic carbocycles. The first-order valence-electron chi connectivity index (χ1n) is 10.7. The van der Waals surface area contributed by atoms with Gasteiger partial charge in [-0.25, -0.2) is 4.39 Å². The van der Waals surface area contributed by atoms with Gasteiger partial charge in [0.15, 0.2) is 0 Å². The number of fused-ring (bicyclic) bond motifs is 1. The van der Waals surface area contributed by atoms with Crippen LogP contribution in [-0.2, 0) is 17.8 Å². The van der Waals surface area contributed by atoms with Crippen molar-refractivity contribution in [3.8, 4) is 11.1 Å². The molecule has 2 aromatic carbocycles. The Kier molecular flexibility index (Phi) is 5.38. The molecule has 0 radical (unpaired) electrons. The average molecular weight is 417 g/mol. The van der Waals surface area contributed by atoms with Gasteiger partial charge in [0.25, 0.3) is 0 Å². The lowest BCUT2D eigenvalue weighted by molar-refractivity contribution is -0.116. The van der Waals surface area contributed by atoms with Crippen LogP contribution in [0, 0.1) is 5.82 Å². The van der Waals surface area contributed by atoms with Gasteiger partial charge in [0, 0.05) is 57.1 Å². The second-order valence-electron chi connectivity index (χ2n) is 8.21. The van der Waals surface area contributed by atoms with Crippen molar-refractivity contribution in [2.24, 2.45) is 0 Å². The molecule has 158 valence electrons. The minimum atomic E-state index is -0.231. The van der Waals surface area contributed by atoms with Crippen LogP contribution in [0.4, 0.5) is 15.8 Å². The lowest BCUT2D eigenvalue weighted by Crippen LogP contribution is -2.46. The van der Waals surface area contributed by atoms with Gasteiger partial charge in [0.2, 0.25) is 5.91 Å². The molecule has 2 aliphatic rings. The molecule has 0 bridgehead atoms. The zero-order valence-electron chi connectivity index (χ0n) is 17.4. The zero-order chi connectivity index (χ0) is 21.2. The average Bonchev–Trinajstić information content (AvgIpc) is 2.80. The van der Waals surface area contributed by atoms with E-state index in [1.807, 2.05) is 12.4 Å². The Morgan fingerprint density at radius 3 is 2.55 bits per heavy atom. The number of pyridine rings is 1. The summed E-state index contributed by atoms with van der Waals surface area (Å²) in [5, 5.41) is 3.08. The predicted molar refractivity (Wildman–Crippen MR) is 121 cm³/mol. The molecule has 1 aromatic heterocycles. The van der Waals surface area contributed by atoms with Gasteiger partial charge in [-0.15, -0.1) is 0 Å². The van der Waals surface area contributed by atoms with Crippen molar-refractivity contribution in [1.82, 2.24) is 9.88 Å². The highest BCUT2D eigenvalue weighted by atomic mass is 19.1. The Labute approximate surface area is 181 Å². The molecule has 2 aliphatic heterocycles. The molecule has 31 heavy (non-hydrogen) atoms. The molecule has 5 rings (SSSR count). The largest absolute Gasteiger partial charge is 0.367 e. The predicted octanol–water partition coefficient (Wildman–Crippen LogP) is 4.09. The molecule has 3 aromatic rings. The van der Waals surface area contributed by atoms with Crippen molar-refractivity contribution in [2.45, 2.75) is 19.4 Å². The minimum Gasteiger partial charge on any atom is -0.367 e. The Bertz CT molecular complexity index is 1090. The summed E-state index contributed by atoms with van der Waals surface area (Å²) in [4.78, 5) is 21.1. The highest BCUT2D eigenvalue weighted by molar-refractivity contribution is 5.98. The third-order valence-corrected chi connectivity index (χ3v) is 6.11. The van der Waals surface area contributed by atoms with Crippen molar-refractivity contribution < 1.29 is 9.18 Å². The Hall–Kier alpha value is -3.25. The van der Waals surface area contributed by atoms with Crippen LogP contribution in [0.1, 0.15) is 17.5 Å². The van der Waals surface area contributed by atoms with Crippen LogP contribution in [0.5, 0.6) is 0 Å². The van der Waals surface area contributed by atoms with Crippen LogP contribution in [0.25, 0.3) is 11.1 Å². The van der Waals surface area contributed by atoms with Crippen molar-refractivity contribution in [2.75, 3.05) is 36.4 Å². The number of amides is 1. The van der Waals surface area contributed by atoms with Crippen molar-refractivity contribution in [3.05, 3.63) is 77.9 Å². The molecule has 0 saturated carbocycles. The SMILES string of the molecule is O=C1CCc2cccc(N3CCN(Cc4cncc(-c5ccc(F)cc5)c4)CC3)c2N1. The van der Waals surface area contributed by atoms with Crippen LogP contribution in [0.15, 0.2) is 60.9 Å². The number of nitrogens with one attached hydrogen (secondary N) is 1. The Morgan fingerprint density at radius 2 is 1.74 bits per heavy atom. The van der Waals surface area contributed by atoms with E-state index in [1.165, 1.54) is 17.7 Å². The molecule has 0 unspecified atom stereocenters. The van der Waals surface area contributed by atoms with E-state index in [0.717, 1.165) is 67.2 Å². The fraction of sp³-hybridized carbons (Fsp3) is 0.280. The number of carbonyl (C=O) groups excluding carboxylic acids is 1. The van der Waals surface area contributed by atoms with E-state index >= 15 is 0 Å². The van der Waals surface area contributed by atoms with Crippen molar-refractivity contribution in [1.29, 1.82) is 0 Å². The number of para-hydroxylation sites is 1. The van der Waals surface area contributed by atoms with Crippen molar-refractivity contribution >= 4 is 17.3 Å². The lowest BCUT2D eigenvalue weighted by Gasteiger charge is -2.37. The highest BCUT2D eigenvalue weighted by Gasteiger charge is 2.23. The summed E-state index contributed by atoms with van der Waals surface area (Å²) in [6.45, 7) is 4.55. The van der Waals surface area contributed by atoms with Gasteiger partial charge >= 0.3 is 0 Å². The van der Waals surface area contributed by atoms with Crippen LogP contribution in [0.3, 0.4) is 0 Å². The summed E-state index contributed by atoms with van der Waals surface area (Å²) in [5.41, 5.74) is 6.47. The summed E-state index contributed by atoms with van der Waals surface area (Å²) < 4.78 is 13.2. The summed E-state index contributed by atoms with van der Waals surface area (Å²) >= 11 is 0. The maximum Gasteiger partial charge on any atom is 0.224 e. The van der Waals surface area contributed by atoms with Crippen LogP contribution in [0.2, 0.25) is 0 Å². The Balaban J connectivity index is 1.25. The molecule has 6 heteroatoms. The number of aryl methyl sites for hydroxylation is 1. The highest BCUT2D eigenvalue weighted by Crippen LogP contribution is 2.34. The lowest BCUT2D eigenvalue weighted by atomic mass is 10.0. The molecule has 3 heterocycles. The minimum absolute atomic E-state index is 0.104. The van der Waals surface area contributed by atoms with E-state index in [0.29, 0.717) is 6.42 Å². The molecule has 1 amide bonds. The molecule has 0 spiro atoms. The molecule has 1 saturated heterocycles. The smallest absolute Gasteiger partial charge is 0.224 e. The van der Waals surface area contributed by atoms with Gasteiger partial charge in [0.05, 0.1) is 11.4 Å². The molecule has 5 nitrogen and oxygen atoms in total. The number of benzene rings is 2. The van der Waals surface area contributed by atoms with Gasteiger partial charge < -0.3 is 10.2 Å². The van der Waals surface area contributed by atoms with E-state index in [9.17, 15) is 9.18 Å². The van der Waals surface area contributed by atoms with Crippen LogP contribution in [-0.4, -0.2) is 42.0 Å². The molecular weight excluding hydrogens is 391 g/mol. The van der Waals surface area contributed by atoms with E-state index in [1.54, 1.807) is 12.1 Å². The molecule has 1 N–H and O–H groups in total. The number of rotatable bonds is 4. The number of anilines is 2. The monoisotopic (exact) mass is 416 g/mol. The zero-order valence-corrected chi connectivity index (χ0v) is 17.4. The third-order valence-electron chi connectivity index (χ3n) is 6.11. The van der Waals surface area contributed by atoms with E-state index in [2.05, 4.69) is 44.4 Å². The first-order valence-corrected chi connectivity index (χ1v) is 10.7. The number of nitrogens with zero attached hydrogens (tertiary/aromatic N) is 3. The van der Waals surface area contributed by atoms with E-state index in [-0.39, 0.29) is 11.7 Å². The number of halogens is 1. The first kappa shape index (κ1) is 19.7. The number of carbonyl (C=O) groups is 1. The normalized spacial score (nSPS) is 16.7. The summed E-state index contributed by atoms with van der Waals surface area (Å²) in [6.07, 6.45) is 5.10. The third kappa shape index (κ3) is 4.30. The van der Waals surface area contributed by atoms with E-state index in [4.69, 9.17) is 0 Å². The van der Waals surface area contributed by atoms with E-state index < -0.39 is 0 Å².